The molecule has 0 aromatic rings. The third kappa shape index (κ3) is 42.9. The van der Waals surface area contributed by atoms with Gasteiger partial charge in [-0.1, -0.05) is 206 Å². The van der Waals surface area contributed by atoms with E-state index in [0.717, 1.165) is 70.6 Å². The molecule has 0 aliphatic heterocycles. The van der Waals surface area contributed by atoms with Crippen molar-refractivity contribution in [2.24, 2.45) is 0 Å². The summed E-state index contributed by atoms with van der Waals surface area (Å²) >= 11 is 0. The zero-order chi connectivity index (χ0) is 39.4. The summed E-state index contributed by atoms with van der Waals surface area (Å²) in [6.45, 7) is 4.25. The van der Waals surface area contributed by atoms with Crippen molar-refractivity contribution in [1.82, 2.24) is 5.32 Å². The van der Waals surface area contributed by atoms with Crippen molar-refractivity contribution < 1.29 is 24.2 Å². The number of carboxylic acid groups (broad SMARTS) is 1. The molecular weight excluding hydrogens is 671 g/mol. The summed E-state index contributed by atoms with van der Waals surface area (Å²) in [6.07, 6.45) is 52.1. The van der Waals surface area contributed by atoms with Crippen molar-refractivity contribution in [3.63, 3.8) is 0 Å². The first-order valence-corrected chi connectivity index (χ1v) is 23.8. The molecular formula is C48H91NO5. The van der Waals surface area contributed by atoms with Crippen molar-refractivity contribution in [2.75, 3.05) is 6.54 Å². The van der Waals surface area contributed by atoms with Gasteiger partial charge in [0.15, 0.2) is 0 Å². The molecule has 0 saturated heterocycles. The number of hydrogen-bond acceptors (Lipinski definition) is 4. The lowest BCUT2D eigenvalue weighted by molar-refractivity contribution is -0.150. The van der Waals surface area contributed by atoms with Crippen LogP contribution < -0.4 is 5.32 Å². The second-order valence-corrected chi connectivity index (χ2v) is 16.4. The zero-order valence-corrected chi connectivity index (χ0v) is 36.1. The summed E-state index contributed by atoms with van der Waals surface area (Å²) < 4.78 is 6.04. The van der Waals surface area contributed by atoms with E-state index in [9.17, 15) is 14.4 Å². The lowest BCUT2D eigenvalue weighted by Crippen LogP contribution is -2.28. The number of carbonyl (C=O) groups excluding carboxylic acids is 2. The fourth-order valence-electron chi connectivity index (χ4n) is 7.40. The average Bonchev–Trinajstić information content (AvgIpc) is 3.16. The Morgan fingerprint density at radius 2 is 0.815 bits per heavy atom. The van der Waals surface area contributed by atoms with E-state index >= 15 is 0 Å². The molecule has 1 amide bonds. The van der Waals surface area contributed by atoms with E-state index in [4.69, 9.17) is 9.84 Å². The highest BCUT2D eigenvalue weighted by molar-refractivity contribution is 5.80. The average molecular weight is 762 g/mol. The second-order valence-electron chi connectivity index (χ2n) is 16.4. The molecule has 1 atom stereocenters. The monoisotopic (exact) mass is 762 g/mol. The maximum Gasteiger partial charge on any atom is 0.322 e. The number of carboxylic acids is 1. The van der Waals surface area contributed by atoms with Gasteiger partial charge in [0.2, 0.25) is 5.91 Å². The fraction of sp³-hybridized carbons (Fsp3) is 0.896. The van der Waals surface area contributed by atoms with E-state index in [1.807, 2.05) is 0 Å². The number of esters is 1. The van der Waals surface area contributed by atoms with Crippen LogP contribution >= 0.6 is 0 Å². The minimum Gasteiger partial charge on any atom is -0.480 e. The van der Waals surface area contributed by atoms with Crippen LogP contribution in [0.15, 0.2) is 12.2 Å². The minimum atomic E-state index is -1.01. The largest absolute Gasteiger partial charge is 0.480 e. The van der Waals surface area contributed by atoms with Gasteiger partial charge in [-0.2, -0.15) is 0 Å². The van der Waals surface area contributed by atoms with Crippen molar-refractivity contribution in [1.29, 1.82) is 0 Å². The van der Waals surface area contributed by atoms with Crippen LogP contribution in [-0.2, 0) is 19.1 Å². The van der Waals surface area contributed by atoms with Crippen molar-refractivity contribution >= 4 is 17.8 Å². The quantitative estimate of drug-likeness (QED) is 0.0366. The third-order valence-corrected chi connectivity index (χ3v) is 10.9. The van der Waals surface area contributed by atoms with Gasteiger partial charge in [-0.05, 0) is 57.8 Å². The van der Waals surface area contributed by atoms with Gasteiger partial charge in [0.1, 0.15) is 12.6 Å². The van der Waals surface area contributed by atoms with Gasteiger partial charge >= 0.3 is 11.9 Å². The summed E-state index contributed by atoms with van der Waals surface area (Å²) in [5.74, 6) is -1.23. The molecule has 0 heterocycles. The standard InChI is InChI=1S/C48H91NO5/c1-3-5-7-9-11-13-15-17-18-19-20-21-22-24-26-28-30-35-39-43-48(53)54-45(41-37-33-31-34-38-42-46(50)49-44-47(51)52)40-36-32-29-27-25-23-16-14-12-10-8-6-4-2/h27,29,45H,3-26,28,30-44H2,1-2H3,(H,49,50)(H,51,52)/b29-27-. The molecule has 0 spiro atoms. The molecule has 0 aromatic carbocycles. The van der Waals surface area contributed by atoms with E-state index < -0.39 is 5.97 Å². The van der Waals surface area contributed by atoms with Gasteiger partial charge in [0, 0.05) is 12.8 Å². The van der Waals surface area contributed by atoms with Gasteiger partial charge in [0.05, 0.1) is 0 Å². The summed E-state index contributed by atoms with van der Waals surface area (Å²) in [5, 5.41) is 11.1. The van der Waals surface area contributed by atoms with Crippen LogP contribution in [0.3, 0.4) is 0 Å². The first-order valence-electron chi connectivity index (χ1n) is 23.8. The van der Waals surface area contributed by atoms with Crippen LogP contribution in [0, 0.1) is 0 Å². The molecule has 0 aliphatic rings. The van der Waals surface area contributed by atoms with Crippen molar-refractivity contribution in [3.8, 4) is 0 Å². The van der Waals surface area contributed by atoms with E-state index in [2.05, 4.69) is 31.3 Å². The van der Waals surface area contributed by atoms with E-state index in [1.54, 1.807) is 0 Å². The van der Waals surface area contributed by atoms with E-state index in [1.165, 1.54) is 167 Å². The number of hydrogen-bond donors (Lipinski definition) is 2. The highest BCUT2D eigenvalue weighted by atomic mass is 16.5. The zero-order valence-electron chi connectivity index (χ0n) is 36.1. The van der Waals surface area contributed by atoms with Crippen LogP contribution in [0.1, 0.15) is 264 Å². The molecule has 0 rings (SSSR count). The molecule has 0 aliphatic carbocycles. The molecule has 0 bridgehead atoms. The number of amides is 1. The first-order chi connectivity index (χ1) is 26.5. The number of rotatable bonds is 44. The lowest BCUT2D eigenvalue weighted by atomic mass is 10.0. The Bertz CT molecular complexity index is 843. The number of nitrogens with one attached hydrogen (secondary N) is 1. The Balaban J connectivity index is 4.09. The Kier molecular flexibility index (Phi) is 42.4. The van der Waals surface area contributed by atoms with Crippen molar-refractivity contribution in [2.45, 2.75) is 270 Å². The molecule has 0 radical (unpaired) electrons. The van der Waals surface area contributed by atoms with E-state index in [0.29, 0.717) is 12.8 Å². The number of unbranched alkanes of at least 4 members (excludes halogenated alkanes) is 31. The second kappa shape index (κ2) is 43.9. The van der Waals surface area contributed by atoms with Crippen LogP contribution in [-0.4, -0.2) is 35.6 Å². The predicted octanol–water partition coefficient (Wildman–Crippen LogP) is 14.9. The van der Waals surface area contributed by atoms with Crippen LogP contribution in [0.25, 0.3) is 0 Å². The fourth-order valence-corrected chi connectivity index (χ4v) is 7.40. The molecule has 0 fully saturated rings. The molecule has 6 nitrogen and oxygen atoms in total. The van der Waals surface area contributed by atoms with Gasteiger partial charge in [-0.15, -0.1) is 0 Å². The maximum absolute atomic E-state index is 12.8. The highest BCUT2D eigenvalue weighted by Crippen LogP contribution is 2.19. The number of allylic oxidation sites excluding steroid dienone is 2. The Hall–Kier alpha value is -1.85. The topological polar surface area (TPSA) is 92.7 Å². The molecule has 318 valence electrons. The minimum absolute atomic E-state index is 0.000671. The smallest absolute Gasteiger partial charge is 0.322 e. The Morgan fingerprint density at radius 1 is 0.463 bits per heavy atom. The SMILES string of the molecule is CCCCCCCCCC/C=C\CCCC(CCCCCCCC(=O)NCC(=O)O)OC(=O)CCCCCCCCCCCCCCCCCCCCC. The molecule has 6 heteroatoms. The van der Waals surface area contributed by atoms with Gasteiger partial charge < -0.3 is 15.2 Å². The van der Waals surface area contributed by atoms with Gasteiger partial charge in [-0.25, -0.2) is 0 Å². The normalized spacial score (nSPS) is 12.0. The molecule has 54 heavy (non-hydrogen) atoms. The van der Waals surface area contributed by atoms with Crippen LogP contribution in [0.2, 0.25) is 0 Å². The number of aliphatic carboxylic acids is 1. The molecule has 0 saturated carbocycles. The maximum atomic E-state index is 12.8. The molecule has 2 N–H and O–H groups in total. The Labute approximate surface area is 335 Å². The van der Waals surface area contributed by atoms with E-state index in [-0.39, 0.29) is 24.5 Å². The van der Waals surface area contributed by atoms with Crippen LogP contribution in [0.5, 0.6) is 0 Å². The van der Waals surface area contributed by atoms with Crippen LogP contribution in [0.4, 0.5) is 0 Å². The summed E-state index contributed by atoms with van der Waals surface area (Å²) in [5.41, 5.74) is 0. The predicted molar refractivity (Wildman–Crippen MR) is 231 cm³/mol. The summed E-state index contributed by atoms with van der Waals surface area (Å²) in [4.78, 5) is 35.1. The highest BCUT2D eigenvalue weighted by Gasteiger charge is 2.14. The third-order valence-electron chi connectivity index (χ3n) is 10.9. The summed E-state index contributed by atoms with van der Waals surface area (Å²) in [7, 11) is 0. The molecule has 1 unspecified atom stereocenters. The number of ether oxygens (including phenoxy) is 1. The van der Waals surface area contributed by atoms with Gasteiger partial charge in [-0.3, -0.25) is 14.4 Å². The Morgan fingerprint density at radius 3 is 1.26 bits per heavy atom. The number of carbonyl (C=O) groups is 3. The molecule has 0 aromatic heterocycles. The van der Waals surface area contributed by atoms with Gasteiger partial charge in [0.25, 0.3) is 0 Å². The lowest BCUT2D eigenvalue weighted by Gasteiger charge is -2.18. The first kappa shape index (κ1) is 52.2. The summed E-state index contributed by atoms with van der Waals surface area (Å²) in [6, 6.07) is 0. The van der Waals surface area contributed by atoms with Crippen molar-refractivity contribution in [3.05, 3.63) is 12.2 Å².